The summed E-state index contributed by atoms with van der Waals surface area (Å²) in [5, 5.41) is 3.03. The van der Waals surface area contributed by atoms with Crippen molar-refractivity contribution in [2.45, 2.75) is 44.3 Å². The van der Waals surface area contributed by atoms with Crippen LogP contribution in [0.4, 0.5) is 5.69 Å². The van der Waals surface area contributed by atoms with Gasteiger partial charge in [0.2, 0.25) is 5.91 Å². The molecule has 1 amide bonds. The fourth-order valence-electron chi connectivity index (χ4n) is 2.96. The molecule has 1 saturated carbocycles. The summed E-state index contributed by atoms with van der Waals surface area (Å²) in [6, 6.07) is 7.69. The van der Waals surface area contributed by atoms with Crippen LogP contribution in [-0.4, -0.2) is 29.6 Å². The molecule has 0 unspecified atom stereocenters. The maximum atomic E-state index is 12.4. The quantitative estimate of drug-likeness (QED) is 0.775. The van der Waals surface area contributed by atoms with E-state index in [0.717, 1.165) is 36.9 Å². The van der Waals surface area contributed by atoms with Gasteiger partial charge in [0.05, 0.1) is 6.61 Å². The van der Waals surface area contributed by atoms with Gasteiger partial charge in [-0.05, 0) is 30.5 Å². The van der Waals surface area contributed by atoms with Gasteiger partial charge in [-0.15, -0.1) is 0 Å². The Hall–Kier alpha value is -1.20. The predicted octanol–water partition coefficient (Wildman–Crippen LogP) is 3.49. The summed E-state index contributed by atoms with van der Waals surface area (Å²) < 4.78 is 16.9. The van der Waals surface area contributed by atoms with E-state index < -0.39 is 10.8 Å². The fourth-order valence-corrected chi connectivity index (χ4v) is 4.01. The van der Waals surface area contributed by atoms with Gasteiger partial charge in [0.25, 0.3) is 0 Å². The summed E-state index contributed by atoms with van der Waals surface area (Å²) in [5.41, 5.74) is 1.79. The van der Waals surface area contributed by atoms with Crippen LogP contribution < -0.4 is 5.32 Å². The van der Waals surface area contributed by atoms with E-state index in [1.54, 1.807) is 7.11 Å². The molecule has 0 spiro atoms. The van der Waals surface area contributed by atoms with Crippen LogP contribution >= 0.6 is 0 Å². The minimum atomic E-state index is -0.936. The number of benzene rings is 1. The monoisotopic (exact) mass is 337 g/mol. The second kappa shape index (κ2) is 9.83. The van der Waals surface area contributed by atoms with Gasteiger partial charge in [-0.3, -0.25) is 9.00 Å². The third-order valence-corrected chi connectivity index (χ3v) is 5.54. The number of methoxy groups -OCH3 is 1. The SMILES string of the molecule is COCC[S@](=O)Cc1cccc(NC(=O)C2CCCCCC2)c1. The Kier molecular flexibility index (Phi) is 7.76. The smallest absolute Gasteiger partial charge is 0.227 e. The number of hydrogen-bond donors (Lipinski definition) is 1. The van der Waals surface area contributed by atoms with Crippen LogP contribution in [0.15, 0.2) is 24.3 Å². The summed E-state index contributed by atoms with van der Waals surface area (Å²) in [4.78, 5) is 12.4. The maximum absolute atomic E-state index is 12.4. The van der Waals surface area contributed by atoms with Crippen molar-refractivity contribution < 1.29 is 13.7 Å². The van der Waals surface area contributed by atoms with Crippen molar-refractivity contribution in [2.75, 3.05) is 24.8 Å². The number of nitrogens with one attached hydrogen (secondary N) is 1. The van der Waals surface area contributed by atoms with Crippen molar-refractivity contribution in [2.24, 2.45) is 5.92 Å². The first-order valence-electron chi connectivity index (χ1n) is 8.43. The zero-order valence-electron chi connectivity index (χ0n) is 13.9. The maximum Gasteiger partial charge on any atom is 0.227 e. The van der Waals surface area contributed by atoms with E-state index in [4.69, 9.17) is 4.74 Å². The minimum Gasteiger partial charge on any atom is -0.384 e. The highest BCUT2D eigenvalue weighted by Gasteiger charge is 2.20. The van der Waals surface area contributed by atoms with Crippen molar-refractivity contribution in [1.82, 2.24) is 0 Å². The van der Waals surface area contributed by atoms with E-state index in [1.165, 1.54) is 12.8 Å². The number of ether oxygens (including phenoxy) is 1. The van der Waals surface area contributed by atoms with Gasteiger partial charge in [-0.25, -0.2) is 0 Å². The topological polar surface area (TPSA) is 55.4 Å². The molecule has 1 aliphatic carbocycles. The molecule has 1 aliphatic rings. The Morgan fingerprint density at radius 1 is 1.26 bits per heavy atom. The third-order valence-electron chi connectivity index (χ3n) is 4.26. The van der Waals surface area contributed by atoms with Crippen LogP contribution in [0.3, 0.4) is 0 Å². The molecule has 4 nitrogen and oxygen atoms in total. The van der Waals surface area contributed by atoms with Crippen LogP contribution in [-0.2, 0) is 26.1 Å². The molecular weight excluding hydrogens is 310 g/mol. The molecule has 128 valence electrons. The van der Waals surface area contributed by atoms with E-state index in [9.17, 15) is 9.00 Å². The number of carbonyl (C=O) groups is 1. The summed E-state index contributed by atoms with van der Waals surface area (Å²) in [6.07, 6.45) is 6.77. The molecule has 0 saturated heterocycles. The molecule has 0 radical (unpaired) electrons. The van der Waals surface area contributed by atoms with Gasteiger partial charge < -0.3 is 10.1 Å². The highest BCUT2D eigenvalue weighted by Crippen LogP contribution is 2.24. The Bertz CT molecular complexity index is 525. The van der Waals surface area contributed by atoms with E-state index in [2.05, 4.69) is 5.32 Å². The third kappa shape index (κ3) is 6.43. The molecular formula is C18H27NO3S. The van der Waals surface area contributed by atoms with Crippen LogP contribution in [0.1, 0.15) is 44.1 Å². The van der Waals surface area contributed by atoms with Crippen LogP contribution in [0.2, 0.25) is 0 Å². The molecule has 23 heavy (non-hydrogen) atoms. The fraction of sp³-hybridized carbons (Fsp3) is 0.611. The normalized spacial score (nSPS) is 17.4. The van der Waals surface area contributed by atoms with Gasteiger partial charge >= 0.3 is 0 Å². The first-order chi connectivity index (χ1) is 11.2. The minimum absolute atomic E-state index is 0.129. The number of amides is 1. The molecule has 1 fully saturated rings. The van der Waals surface area contributed by atoms with E-state index in [0.29, 0.717) is 18.1 Å². The molecule has 1 aromatic carbocycles. The summed E-state index contributed by atoms with van der Waals surface area (Å²) in [5.74, 6) is 1.30. The standard InChI is InChI=1S/C18H27NO3S/c1-22-11-12-23(21)14-15-7-6-10-17(13-15)19-18(20)16-8-4-2-3-5-9-16/h6-7,10,13,16H,2-5,8-9,11-12,14H2,1H3,(H,19,20)/t23-/m0/s1. The Labute approximate surface area is 141 Å². The van der Waals surface area contributed by atoms with Gasteiger partial charge in [0.1, 0.15) is 0 Å². The van der Waals surface area contributed by atoms with Gasteiger partial charge in [0.15, 0.2) is 0 Å². The largest absolute Gasteiger partial charge is 0.384 e. The lowest BCUT2D eigenvalue weighted by Gasteiger charge is -2.14. The van der Waals surface area contributed by atoms with Crippen LogP contribution in [0.5, 0.6) is 0 Å². The molecule has 2 rings (SSSR count). The van der Waals surface area contributed by atoms with Gasteiger partial charge in [0, 0.05) is 41.0 Å². The summed E-state index contributed by atoms with van der Waals surface area (Å²) in [7, 11) is 0.676. The number of rotatable bonds is 7. The lowest BCUT2D eigenvalue weighted by molar-refractivity contribution is -0.120. The lowest BCUT2D eigenvalue weighted by atomic mass is 9.99. The van der Waals surface area contributed by atoms with Crippen molar-refractivity contribution in [1.29, 1.82) is 0 Å². The average Bonchev–Trinajstić information content (AvgIpc) is 2.82. The number of anilines is 1. The summed E-state index contributed by atoms with van der Waals surface area (Å²) in [6.45, 7) is 0.505. The molecule has 0 bridgehead atoms. The van der Waals surface area contributed by atoms with E-state index in [-0.39, 0.29) is 11.8 Å². The Morgan fingerprint density at radius 3 is 2.70 bits per heavy atom. The van der Waals surface area contributed by atoms with Crippen LogP contribution in [0, 0.1) is 5.92 Å². The zero-order chi connectivity index (χ0) is 16.5. The van der Waals surface area contributed by atoms with Gasteiger partial charge in [-0.1, -0.05) is 37.8 Å². The molecule has 1 N–H and O–H groups in total. The molecule has 1 atom stereocenters. The van der Waals surface area contributed by atoms with Crippen molar-refractivity contribution in [3.8, 4) is 0 Å². The van der Waals surface area contributed by atoms with Gasteiger partial charge in [-0.2, -0.15) is 0 Å². The molecule has 0 aliphatic heterocycles. The van der Waals surface area contributed by atoms with E-state index in [1.807, 2.05) is 24.3 Å². The lowest BCUT2D eigenvalue weighted by Crippen LogP contribution is -2.22. The first-order valence-corrected chi connectivity index (χ1v) is 9.91. The molecule has 0 heterocycles. The molecule has 0 aromatic heterocycles. The average molecular weight is 337 g/mol. The second-order valence-corrected chi connectivity index (χ2v) is 7.74. The number of hydrogen-bond acceptors (Lipinski definition) is 3. The Morgan fingerprint density at radius 2 is 2.00 bits per heavy atom. The van der Waals surface area contributed by atoms with Crippen molar-refractivity contribution in [3.63, 3.8) is 0 Å². The molecule has 1 aromatic rings. The second-order valence-electron chi connectivity index (χ2n) is 6.16. The molecule has 5 heteroatoms. The highest BCUT2D eigenvalue weighted by molar-refractivity contribution is 7.84. The Balaban J connectivity index is 1.91. The predicted molar refractivity (Wildman–Crippen MR) is 94.9 cm³/mol. The highest BCUT2D eigenvalue weighted by atomic mass is 32.2. The van der Waals surface area contributed by atoms with Crippen LogP contribution in [0.25, 0.3) is 0 Å². The first kappa shape index (κ1) is 18.1. The van der Waals surface area contributed by atoms with Crippen molar-refractivity contribution in [3.05, 3.63) is 29.8 Å². The summed E-state index contributed by atoms with van der Waals surface area (Å²) >= 11 is 0. The zero-order valence-corrected chi connectivity index (χ0v) is 14.7. The van der Waals surface area contributed by atoms with E-state index >= 15 is 0 Å². The van der Waals surface area contributed by atoms with Crippen molar-refractivity contribution >= 4 is 22.4 Å². The number of carbonyl (C=O) groups excluding carboxylic acids is 1.